The fourth-order valence-corrected chi connectivity index (χ4v) is 1.39. The van der Waals surface area contributed by atoms with E-state index in [9.17, 15) is 8.78 Å². The Bertz CT molecular complexity index is 358. The normalized spacial score (nSPS) is 12.5. The molecule has 3 nitrogen and oxygen atoms in total. The summed E-state index contributed by atoms with van der Waals surface area (Å²) in [5, 5.41) is 2.95. The van der Waals surface area contributed by atoms with Gasteiger partial charge >= 0.3 is 0 Å². The van der Waals surface area contributed by atoms with Gasteiger partial charge in [-0.2, -0.15) is 0 Å². The van der Waals surface area contributed by atoms with Crippen molar-refractivity contribution in [2.75, 3.05) is 24.8 Å². The van der Waals surface area contributed by atoms with E-state index >= 15 is 0 Å². The highest BCUT2D eigenvalue weighted by Crippen LogP contribution is 2.24. The number of halogens is 2. The Kier molecular flexibility index (Phi) is 4.49. The minimum Gasteiger partial charge on any atom is -0.395 e. The molecule has 3 N–H and O–H groups in total. The predicted octanol–water partition coefficient (Wildman–Crippen LogP) is 2.38. The summed E-state index contributed by atoms with van der Waals surface area (Å²) in [5.41, 5.74) is 5.70. The summed E-state index contributed by atoms with van der Waals surface area (Å²) in [5.74, 6) is -1.41. The van der Waals surface area contributed by atoms with Crippen LogP contribution in [0.2, 0.25) is 0 Å². The standard InChI is InChI=1S/C11H16F2N2O/c1-3-8(6-16-2)15-10-5-7(12)4-9(13)11(10)14/h4-5,8,15H,3,6,14H2,1-2H3. The molecule has 0 spiro atoms. The van der Waals surface area contributed by atoms with Crippen molar-refractivity contribution in [1.29, 1.82) is 0 Å². The van der Waals surface area contributed by atoms with Gasteiger partial charge in [0.25, 0.3) is 0 Å². The number of hydrogen-bond donors (Lipinski definition) is 2. The number of ether oxygens (including phenoxy) is 1. The van der Waals surface area contributed by atoms with Crippen LogP contribution in [0, 0.1) is 11.6 Å². The summed E-state index contributed by atoms with van der Waals surface area (Å²) in [7, 11) is 1.57. The van der Waals surface area contributed by atoms with Crippen LogP contribution in [0.25, 0.3) is 0 Å². The zero-order valence-corrected chi connectivity index (χ0v) is 9.39. The quantitative estimate of drug-likeness (QED) is 0.763. The van der Waals surface area contributed by atoms with E-state index in [1.165, 1.54) is 6.07 Å². The van der Waals surface area contributed by atoms with Crippen LogP contribution < -0.4 is 11.1 Å². The molecular formula is C11H16F2N2O. The fraction of sp³-hybridized carbons (Fsp3) is 0.455. The van der Waals surface area contributed by atoms with Crippen LogP contribution >= 0.6 is 0 Å². The molecule has 1 unspecified atom stereocenters. The average molecular weight is 230 g/mol. The van der Waals surface area contributed by atoms with Crippen molar-refractivity contribution in [2.24, 2.45) is 0 Å². The molecule has 1 aromatic carbocycles. The number of nitrogen functional groups attached to an aromatic ring is 1. The third-order valence-corrected chi connectivity index (χ3v) is 2.31. The number of nitrogens with two attached hydrogens (primary N) is 1. The maximum Gasteiger partial charge on any atom is 0.151 e. The van der Waals surface area contributed by atoms with Crippen molar-refractivity contribution in [3.8, 4) is 0 Å². The van der Waals surface area contributed by atoms with E-state index in [2.05, 4.69) is 5.32 Å². The van der Waals surface area contributed by atoms with Gasteiger partial charge in [0.2, 0.25) is 0 Å². The van der Waals surface area contributed by atoms with Gasteiger partial charge in [-0.05, 0) is 12.5 Å². The molecule has 0 aliphatic carbocycles. The van der Waals surface area contributed by atoms with E-state index in [1.54, 1.807) is 7.11 Å². The summed E-state index contributed by atoms with van der Waals surface area (Å²) in [6.45, 7) is 2.40. The molecule has 0 aliphatic rings. The molecule has 0 radical (unpaired) electrons. The number of methoxy groups -OCH3 is 1. The summed E-state index contributed by atoms with van der Waals surface area (Å²) < 4.78 is 31.1. The van der Waals surface area contributed by atoms with Crippen molar-refractivity contribution >= 4 is 11.4 Å². The fourth-order valence-electron chi connectivity index (χ4n) is 1.39. The molecule has 16 heavy (non-hydrogen) atoms. The van der Waals surface area contributed by atoms with Crippen molar-refractivity contribution in [3.05, 3.63) is 23.8 Å². The minimum absolute atomic E-state index is 0.0199. The molecule has 0 aromatic heterocycles. The van der Waals surface area contributed by atoms with Crippen LogP contribution in [0.15, 0.2) is 12.1 Å². The SMILES string of the molecule is CCC(COC)Nc1cc(F)cc(F)c1N. The topological polar surface area (TPSA) is 47.3 Å². The van der Waals surface area contributed by atoms with E-state index in [0.717, 1.165) is 12.5 Å². The van der Waals surface area contributed by atoms with Crippen LogP contribution in [0.5, 0.6) is 0 Å². The van der Waals surface area contributed by atoms with Gasteiger partial charge in [0.1, 0.15) is 5.82 Å². The second-order valence-electron chi connectivity index (χ2n) is 3.55. The first-order valence-electron chi connectivity index (χ1n) is 5.08. The third-order valence-electron chi connectivity index (χ3n) is 2.31. The van der Waals surface area contributed by atoms with Gasteiger partial charge in [-0.1, -0.05) is 6.92 Å². The van der Waals surface area contributed by atoms with E-state index in [-0.39, 0.29) is 17.4 Å². The lowest BCUT2D eigenvalue weighted by atomic mass is 10.2. The molecule has 1 aromatic rings. The van der Waals surface area contributed by atoms with Crippen LogP contribution in [-0.2, 0) is 4.74 Å². The maximum absolute atomic E-state index is 13.1. The second-order valence-corrected chi connectivity index (χ2v) is 3.55. The van der Waals surface area contributed by atoms with Gasteiger partial charge in [-0.3, -0.25) is 0 Å². The summed E-state index contributed by atoms with van der Waals surface area (Å²) in [4.78, 5) is 0. The van der Waals surface area contributed by atoms with E-state index in [4.69, 9.17) is 10.5 Å². The van der Waals surface area contributed by atoms with Crippen molar-refractivity contribution < 1.29 is 13.5 Å². The van der Waals surface area contributed by atoms with E-state index < -0.39 is 11.6 Å². The highest BCUT2D eigenvalue weighted by Gasteiger charge is 2.12. The van der Waals surface area contributed by atoms with Gasteiger partial charge in [-0.25, -0.2) is 8.78 Å². The van der Waals surface area contributed by atoms with Crippen LogP contribution in [0.1, 0.15) is 13.3 Å². The van der Waals surface area contributed by atoms with E-state index in [0.29, 0.717) is 6.61 Å². The Labute approximate surface area is 93.6 Å². The number of benzene rings is 1. The molecular weight excluding hydrogens is 214 g/mol. The molecule has 5 heteroatoms. The lowest BCUT2D eigenvalue weighted by Crippen LogP contribution is -2.24. The Balaban J connectivity index is 2.87. The smallest absolute Gasteiger partial charge is 0.151 e. The molecule has 0 heterocycles. The Hall–Kier alpha value is -1.36. The highest BCUT2D eigenvalue weighted by atomic mass is 19.1. The van der Waals surface area contributed by atoms with Gasteiger partial charge in [0.05, 0.1) is 18.0 Å². The van der Waals surface area contributed by atoms with Gasteiger partial charge in [-0.15, -0.1) is 0 Å². The number of rotatable bonds is 5. The maximum atomic E-state index is 13.1. The van der Waals surface area contributed by atoms with E-state index in [1.807, 2.05) is 6.92 Å². The summed E-state index contributed by atoms with van der Waals surface area (Å²) in [6.07, 6.45) is 0.769. The number of nitrogens with one attached hydrogen (secondary N) is 1. The van der Waals surface area contributed by atoms with Gasteiger partial charge in [0.15, 0.2) is 5.82 Å². The lowest BCUT2D eigenvalue weighted by Gasteiger charge is -2.18. The zero-order valence-electron chi connectivity index (χ0n) is 9.39. The lowest BCUT2D eigenvalue weighted by molar-refractivity contribution is 0.184. The Morgan fingerprint density at radius 2 is 2.12 bits per heavy atom. The average Bonchev–Trinajstić information content (AvgIpc) is 2.24. The predicted molar refractivity (Wildman–Crippen MR) is 60.3 cm³/mol. The summed E-state index contributed by atoms with van der Waals surface area (Å²) >= 11 is 0. The highest BCUT2D eigenvalue weighted by molar-refractivity contribution is 5.67. The minimum atomic E-state index is -0.755. The van der Waals surface area contributed by atoms with Gasteiger partial charge < -0.3 is 15.8 Å². The Morgan fingerprint density at radius 1 is 1.44 bits per heavy atom. The third kappa shape index (κ3) is 3.06. The van der Waals surface area contributed by atoms with Crippen LogP contribution in [0.4, 0.5) is 20.2 Å². The number of hydrogen-bond acceptors (Lipinski definition) is 3. The molecule has 0 amide bonds. The molecule has 0 bridgehead atoms. The molecule has 1 atom stereocenters. The molecule has 90 valence electrons. The summed E-state index contributed by atoms with van der Waals surface area (Å²) in [6, 6.07) is 1.92. The van der Waals surface area contributed by atoms with Gasteiger partial charge in [0, 0.05) is 19.2 Å². The van der Waals surface area contributed by atoms with Crippen molar-refractivity contribution in [2.45, 2.75) is 19.4 Å². The molecule has 0 aliphatic heterocycles. The molecule has 0 saturated heterocycles. The number of anilines is 2. The molecule has 1 rings (SSSR count). The first kappa shape index (κ1) is 12.7. The second kappa shape index (κ2) is 5.65. The van der Waals surface area contributed by atoms with Crippen molar-refractivity contribution in [3.63, 3.8) is 0 Å². The largest absolute Gasteiger partial charge is 0.395 e. The Morgan fingerprint density at radius 3 is 2.69 bits per heavy atom. The van der Waals surface area contributed by atoms with Crippen LogP contribution in [-0.4, -0.2) is 19.8 Å². The first-order chi connectivity index (χ1) is 7.58. The first-order valence-corrected chi connectivity index (χ1v) is 5.08. The molecule has 0 fully saturated rings. The zero-order chi connectivity index (χ0) is 12.1. The van der Waals surface area contributed by atoms with Crippen LogP contribution in [0.3, 0.4) is 0 Å². The monoisotopic (exact) mass is 230 g/mol. The van der Waals surface area contributed by atoms with Crippen molar-refractivity contribution in [1.82, 2.24) is 0 Å². The molecule has 0 saturated carbocycles.